The normalized spacial score (nSPS) is 10.6. The molecule has 0 saturated carbocycles. The summed E-state index contributed by atoms with van der Waals surface area (Å²) in [4.78, 5) is 10.3. The highest BCUT2D eigenvalue weighted by molar-refractivity contribution is 5.70. The van der Waals surface area contributed by atoms with Crippen LogP contribution >= 0.6 is 0 Å². The molecule has 4 rings (SSSR count). The van der Waals surface area contributed by atoms with E-state index in [1.54, 1.807) is 6.07 Å². The lowest BCUT2D eigenvalue weighted by atomic mass is 9.99. The molecular formula is C25H19FN2O2. The molecule has 0 unspecified atom stereocenters. The van der Waals surface area contributed by atoms with Crippen LogP contribution in [0.4, 0.5) is 15.8 Å². The maximum absolute atomic E-state index is 13.6. The molecule has 0 radical (unpaired) electrons. The van der Waals surface area contributed by atoms with E-state index in [2.05, 4.69) is 29.6 Å². The molecule has 0 bridgehead atoms. The minimum absolute atomic E-state index is 0.521. The van der Waals surface area contributed by atoms with E-state index < -0.39 is 16.4 Å². The monoisotopic (exact) mass is 398 g/mol. The first kappa shape index (κ1) is 19.3. The summed E-state index contributed by atoms with van der Waals surface area (Å²) in [6.45, 7) is 0.659. The van der Waals surface area contributed by atoms with Crippen molar-refractivity contribution in [3.05, 3.63) is 119 Å². The highest BCUT2D eigenvalue weighted by atomic mass is 19.1. The van der Waals surface area contributed by atoms with Crippen LogP contribution in [0.1, 0.15) is 5.56 Å². The summed E-state index contributed by atoms with van der Waals surface area (Å²) in [6, 6.07) is 30.0. The quantitative estimate of drug-likeness (QED) is 0.291. The van der Waals surface area contributed by atoms with Crippen molar-refractivity contribution in [1.29, 1.82) is 0 Å². The Kier molecular flexibility index (Phi) is 5.52. The fourth-order valence-corrected chi connectivity index (χ4v) is 3.38. The van der Waals surface area contributed by atoms with Gasteiger partial charge in [0, 0.05) is 18.3 Å². The van der Waals surface area contributed by atoms with Gasteiger partial charge in [-0.25, -0.2) is 0 Å². The van der Waals surface area contributed by atoms with Gasteiger partial charge in [-0.2, -0.15) is 4.39 Å². The number of nitro benzene ring substituents is 1. The average molecular weight is 398 g/mol. The van der Waals surface area contributed by atoms with Crippen molar-refractivity contribution in [2.75, 3.05) is 5.32 Å². The second kappa shape index (κ2) is 8.57. The molecule has 30 heavy (non-hydrogen) atoms. The van der Waals surface area contributed by atoms with Gasteiger partial charge in [-0.1, -0.05) is 72.8 Å². The topological polar surface area (TPSA) is 55.2 Å². The minimum atomic E-state index is -0.834. The number of nitrogens with zero attached hydrogens (tertiary/aromatic N) is 1. The Balaban J connectivity index is 1.51. The molecule has 148 valence electrons. The molecule has 1 N–H and O–H groups in total. The van der Waals surface area contributed by atoms with Crippen LogP contribution in [0.3, 0.4) is 0 Å². The molecule has 4 aromatic carbocycles. The summed E-state index contributed by atoms with van der Waals surface area (Å²) in [6.07, 6.45) is 0. The van der Waals surface area contributed by atoms with E-state index in [1.165, 1.54) is 22.8 Å². The van der Waals surface area contributed by atoms with Crippen molar-refractivity contribution in [2.24, 2.45) is 0 Å². The van der Waals surface area contributed by atoms with Gasteiger partial charge in [0.15, 0.2) is 0 Å². The summed E-state index contributed by atoms with van der Waals surface area (Å²) in [5.74, 6) is -0.834. The molecule has 4 aromatic rings. The molecule has 0 atom stereocenters. The predicted octanol–water partition coefficient (Wildman–Crippen LogP) is 6.68. The first-order valence-electron chi connectivity index (χ1n) is 9.53. The van der Waals surface area contributed by atoms with Gasteiger partial charge in [0.25, 0.3) is 0 Å². The number of benzene rings is 4. The van der Waals surface area contributed by atoms with E-state index in [9.17, 15) is 14.5 Å². The molecule has 0 spiro atoms. The molecule has 0 amide bonds. The number of nitro groups is 1. The van der Waals surface area contributed by atoms with Crippen LogP contribution in [0.5, 0.6) is 0 Å². The van der Waals surface area contributed by atoms with Gasteiger partial charge < -0.3 is 5.32 Å². The van der Waals surface area contributed by atoms with E-state index in [4.69, 9.17) is 0 Å². The van der Waals surface area contributed by atoms with Gasteiger partial charge in [-0.05, 0) is 46.0 Å². The van der Waals surface area contributed by atoms with E-state index in [0.717, 1.165) is 17.3 Å². The lowest BCUT2D eigenvalue weighted by Gasteiger charge is -2.12. The van der Waals surface area contributed by atoms with Crippen molar-refractivity contribution in [3.8, 4) is 22.3 Å². The van der Waals surface area contributed by atoms with Crippen LogP contribution in [-0.4, -0.2) is 4.92 Å². The molecule has 0 aliphatic heterocycles. The van der Waals surface area contributed by atoms with Crippen molar-refractivity contribution in [1.82, 2.24) is 0 Å². The maximum atomic E-state index is 13.6. The van der Waals surface area contributed by atoms with Crippen LogP contribution < -0.4 is 5.32 Å². The lowest BCUT2D eigenvalue weighted by molar-refractivity contribution is -0.387. The van der Waals surface area contributed by atoms with E-state index in [0.29, 0.717) is 12.1 Å². The molecule has 0 saturated heterocycles. The molecule has 0 aromatic heterocycles. The predicted molar refractivity (Wildman–Crippen MR) is 118 cm³/mol. The van der Waals surface area contributed by atoms with Gasteiger partial charge in [-0.15, -0.1) is 0 Å². The molecular weight excluding hydrogens is 379 g/mol. The Labute approximate surface area is 173 Å². The van der Waals surface area contributed by atoms with Crippen LogP contribution in [0.15, 0.2) is 97.1 Å². The Morgan fingerprint density at radius 3 is 2.17 bits per heavy atom. The molecule has 0 fully saturated rings. The second-order valence-electron chi connectivity index (χ2n) is 6.88. The fourth-order valence-electron chi connectivity index (χ4n) is 3.38. The summed E-state index contributed by atoms with van der Waals surface area (Å²) in [5.41, 5.74) is 5.33. The van der Waals surface area contributed by atoms with Crippen LogP contribution in [0, 0.1) is 15.9 Å². The maximum Gasteiger partial charge on any atom is 0.305 e. The van der Waals surface area contributed by atoms with Gasteiger partial charge in [-0.3, -0.25) is 10.1 Å². The SMILES string of the molecule is O=[N+]([O-])c1cc(-c2ccc(NCc3ccccc3-c3ccccc3)cc2)ccc1F. The third-order valence-corrected chi connectivity index (χ3v) is 4.95. The van der Waals surface area contributed by atoms with Gasteiger partial charge in [0.05, 0.1) is 4.92 Å². The number of hydrogen-bond acceptors (Lipinski definition) is 3. The Morgan fingerprint density at radius 2 is 1.43 bits per heavy atom. The lowest BCUT2D eigenvalue weighted by Crippen LogP contribution is -2.01. The van der Waals surface area contributed by atoms with Crippen molar-refractivity contribution in [2.45, 2.75) is 6.54 Å². The van der Waals surface area contributed by atoms with E-state index >= 15 is 0 Å². The second-order valence-corrected chi connectivity index (χ2v) is 6.88. The summed E-state index contributed by atoms with van der Waals surface area (Å²) >= 11 is 0. The third kappa shape index (κ3) is 4.20. The number of anilines is 1. The van der Waals surface area contributed by atoms with Gasteiger partial charge in [0.1, 0.15) is 0 Å². The van der Waals surface area contributed by atoms with E-state index in [1.807, 2.05) is 54.6 Å². The standard InChI is InChI=1S/C25H19FN2O2/c26-24-15-12-20(16-25(24)28(29)30)18-10-13-22(14-11-18)27-17-21-8-4-5-9-23(21)19-6-2-1-3-7-19/h1-16,27H,17H2. The Morgan fingerprint density at radius 1 is 0.767 bits per heavy atom. The highest BCUT2D eigenvalue weighted by Crippen LogP contribution is 2.28. The molecule has 0 aliphatic carbocycles. The highest BCUT2D eigenvalue weighted by Gasteiger charge is 2.15. The number of hydrogen-bond donors (Lipinski definition) is 1. The van der Waals surface area contributed by atoms with Crippen molar-refractivity contribution >= 4 is 11.4 Å². The van der Waals surface area contributed by atoms with Crippen LogP contribution in [-0.2, 0) is 6.54 Å². The molecule has 4 nitrogen and oxygen atoms in total. The third-order valence-electron chi connectivity index (χ3n) is 4.95. The molecule has 5 heteroatoms. The summed E-state index contributed by atoms with van der Waals surface area (Å²) in [7, 11) is 0. The minimum Gasteiger partial charge on any atom is -0.381 e. The number of rotatable bonds is 6. The fraction of sp³-hybridized carbons (Fsp3) is 0.0400. The first-order chi connectivity index (χ1) is 14.6. The van der Waals surface area contributed by atoms with Gasteiger partial charge in [0.2, 0.25) is 5.82 Å². The molecule has 0 heterocycles. The summed E-state index contributed by atoms with van der Waals surface area (Å²) in [5, 5.41) is 14.4. The van der Waals surface area contributed by atoms with Crippen LogP contribution in [0.25, 0.3) is 22.3 Å². The Bertz CT molecular complexity index is 1180. The zero-order valence-electron chi connectivity index (χ0n) is 16.1. The molecule has 0 aliphatic rings. The smallest absolute Gasteiger partial charge is 0.305 e. The average Bonchev–Trinajstić information content (AvgIpc) is 2.79. The number of halogens is 1. The summed E-state index contributed by atoms with van der Waals surface area (Å²) < 4.78 is 13.6. The first-order valence-corrected chi connectivity index (χ1v) is 9.53. The van der Waals surface area contributed by atoms with E-state index in [-0.39, 0.29) is 0 Å². The largest absolute Gasteiger partial charge is 0.381 e. The van der Waals surface area contributed by atoms with Crippen molar-refractivity contribution in [3.63, 3.8) is 0 Å². The van der Waals surface area contributed by atoms with Crippen LogP contribution in [0.2, 0.25) is 0 Å². The van der Waals surface area contributed by atoms with Gasteiger partial charge >= 0.3 is 5.69 Å². The number of nitrogens with one attached hydrogen (secondary N) is 1. The zero-order valence-corrected chi connectivity index (χ0v) is 16.1. The Hall–Kier alpha value is -3.99. The van der Waals surface area contributed by atoms with Crippen molar-refractivity contribution < 1.29 is 9.31 Å². The zero-order chi connectivity index (χ0) is 20.9.